The first-order valence-corrected chi connectivity index (χ1v) is 7.03. The summed E-state index contributed by atoms with van der Waals surface area (Å²) in [6.07, 6.45) is 7.38. The van der Waals surface area contributed by atoms with Crippen molar-refractivity contribution in [3.8, 4) is 0 Å². The molecule has 3 rings (SSSR count). The number of pyridine rings is 1. The SMILES string of the molecule is O=C(CCc1ccco1)NCCc1cn2ccccc2n1. The van der Waals surface area contributed by atoms with Gasteiger partial charge in [0.05, 0.1) is 12.0 Å². The van der Waals surface area contributed by atoms with Crippen molar-refractivity contribution in [2.45, 2.75) is 19.3 Å². The maximum atomic E-state index is 11.7. The summed E-state index contributed by atoms with van der Waals surface area (Å²) in [7, 11) is 0. The number of rotatable bonds is 6. The molecule has 0 unspecified atom stereocenters. The molecule has 1 amide bonds. The molecular formula is C16H17N3O2. The van der Waals surface area contributed by atoms with Crippen molar-refractivity contribution >= 4 is 11.6 Å². The van der Waals surface area contributed by atoms with E-state index in [1.165, 1.54) is 0 Å². The van der Waals surface area contributed by atoms with Crippen LogP contribution in [0.3, 0.4) is 0 Å². The normalized spacial score (nSPS) is 10.9. The molecule has 0 aliphatic carbocycles. The number of imidazole rings is 1. The molecule has 21 heavy (non-hydrogen) atoms. The van der Waals surface area contributed by atoms with Crippen LogP contribution in [0.25, 0.3) is 5.65 Å². The molecule has 108 valence electrons. The van der Waals surface area contributed by atoms with Crippen LogP contribution < -0.4 is 5.32 Å². The second-order valence-electron chi connectivity index (χ2n) is 4.88. The van der Waals surface area contributed by atoms with Crippen LogP contribution in [-0.2, 0) is 17.6 Å². The quantitative estimate of drug-likeness (QED) is 0.754. The molecule has 3 aromatic heterocycles. The minimum absolute atomic E-state index is 0.0372. The van der Waals surface area contributed by atoms with Gasteiger partial charge in [0.2, 0.25) is 5.91 Å². The molecule has 0 bridgehead atoms. The monoisotopic (exact) mass is 283 g/mol. The summed E-state index contributed by atoms with van der Waals surface area (Å²) in [4.78, 5) is 16.2. The highest BCUT2D eigenvalue weighted by Gasteiger charge is 2.05. The molecular weight excluding hydrogens is 266 g/mol. The molecule has 0 saturated carbocycles. The lowest BCUT2D eigenvalue weighted by Gasteiger charge is -2.02. The number of hydrogen-bond donors (Lipinski definition) is 1. The molecule has 0 fully saturated rings. The fourth-order valence-corrected chi connectivity index (χ4v) is 2.22. The van der Waals surface area contributed by atoms with E-state index in [1.807, 2.05) is 47.1 Å². The Morgan fingerprint density at radius 2 is 2.19 bits per heavy atom. The second kappa shape index (κ2) is 6.26. The summed E-state index contributed by atoms with van der Waals surface area (Å²) in [5.41, 5.74) is 1.91. The van der Waals surface area contributed by atoms with Crippen LogP contribution in [-0.4, -0.2) is 21.8 Å². The Balaban J connectivity index is 1.44. The Kier molecular flexibility index (Phi) is 4.00. The lowest BCUT2D eigenvalue weighted by molar-refractivity contribution is -0.121. The van der Waals surface area contributed by atoms with E-state index in [0.29, 0.717) is 19.4 Å². The maximum absolute atomic E-state index is 11.7. The highest BCUT2D eigenvalue weighted by Crippen LogP contribution is 2.05. The summed E-state index contributed by atoms with van der Waals surface area (Å²) >= 11 is 0. The third kappa shape index (κ3) is 3.51. The predicted octanol–water partition coefficient (Wildman–Crippen LogP) is 2.22. The van der Waals surface area contributed by atoms with Crippen molar-refractivity contribution in [1.82, 2.24) is 14.7 Å². The first kappa shape index (κ1) is 13.4. The van der Waals surface area contributed by atoms with Crippen LogP contribution in [0.2, 0.25) is 0 Å². The van der Waals surface area contributed by atoms with E-state index in [4.69, 9.17) is 4.42 Å². The summed E-state index contributed by atoms with van der Waals surface area (Å²) in [6, 6.07) is 9.60. The van der Waals surface area contributed by atoms with Gasteiger partial charge in [0.15, 0.2) is 0 Å². The van der Waals surface area contributed by atoms with E-state index in [2.05, 4.69) is 10.3 Å². The van der Waals surface area contributed by atoms with Gasteiger partial charge in [0, 0.05) is 38.2 Å². The van der Waals surface area contributed by atoms with Gasteiger partial charge in [-0.1, -0.05) is 6.07 Å². The number of amides is 1. The molecule has 0 aliphatic heterocycles. The van der Waals surface area contributed by atoms with Crippen molar-refractivity contribution in [3.63, 3.8) is 0 Å². The lowest BCUT2D eigenvalue weighted by Crippen LogP contribution is -2.25. The third-order valence-electron chi connectivity index (χ3n) is 3.30. The van der Waals surface area contributed by atoms with E-state index in [-0.39, 0.29) is 5.91 Å². The molecule has 1 N–H and O–H groups in total. The Bertz CT molecular complexity index is 683. The van der Waals surface area contributed by atoms with E-state index in [0.717, 1.165) is 23.5 Å². The summed E-state index contributed by atoms with van der Waals surface area (Å²) in [5.74, 6) is 0.876. The lowest BCUT2D eigenvalue weighted by atomic mass is 10.2. The molecule has 5 nitrogen and oxygen atoms in total. The average Bonchev–Trinajstić information content (AvgIpc) is 3.14. The molecule has 3 heterocycles. The molecule has 0 aromatic carbocycles. The first-order chi connectivity index (χ1) is 10.3. The van der Waals surface area contributed by atoms with Gasteiger partial charge in [-0.05, 0) is 24.3 Å². The van der Waals surface area contributed by atoms with Crippen molar-refractivity contribution in [3.05, 3.63) is 60.4 Å². The zero-order valence-electron chi connectivity index (χ0n) is 11.7. The number of aryl methyl sites for hydroxylation is 1. The van der Waals surface area contributed by atoms with Crippen LogP contribution >= 0.6 is 0 Å². The van der Waals surface area contributed by atoms with Crippen molar-refractivity contribution < 1.29 is 9.21 Å². The van der Waals surface area contributed by atoms with Crippen LogP contribution in [0.1, 0.15) is 17.9 Å². The number of furan rings is 1. The van der Waals surface area contributed by atoms with E-state index < -0.39 is 0 Å². The minimum atomic E-state index is 0.0372. The average molecular weight is 283 g/mol. The summed E-state index contributed by atoms with van der Waals surface area (Å²) < 4.78 is 7.18. The Hall–Kier alpha value is -2.56. The minimum Gasteiger partial charge on any atom is -0.469 e. The third-order valence-corrected chi connectivity index (χ3v) is 3.30. The molecule has 5 heteroatoms. The number of carbonyl (C=O) groups excluding carboxylic acids is 1. The van der Waals surface area contributed by atoms with Crippen LogP contribution in [0.4, 0.5) is 0 Å². The van der Waals surface area contributed by atoms with Crippen LogP contribution in [0, 0.1) is 0 Å². The van der Waals surface area contributed by atoms with Crippen LogP contribution in [0.5, 0.6) is 0 Å². The van der Waals surface area contributed by atoms with Crippen LogP contribution in [0.15, 0.2) is 53.4 Å². The molecule has 0 radical (unpaired) electrons. The zero-order valence-corrected chi connectivity index (χ0v) is 11.7. The van der Waals surface area contributed by atoms with Gasteiger partial charge in [-0.3, -0.25) is 4.79 Å². The molecule has 0 aliphatic rings. The van der Waals surface area contributed by atoms with Gasteiger partial charge in [-0.15, -0.1) is 0 Å². The van der Waals surface area contributed by atoms with E-state index in [1.54, 1.807) is 6.26 Å². The van der Waals surface area contributed by atoms with Gasteiger partial charge in [0.1, 0.15) is 11.4 Å². The molecule has 3 aromatic rings. The van der Waals surface area contributed by atoms with Crippen molar-refractivity contribution in [2.75, 3.05) is 6.54 Å². The van der Waals surface area contributed by atoms with E-state index in [9.17, 15) is 4.79 Å². The summed E-state index contributed by atoms with van der Waals surface area (Å²) in [5, 5.41) is 2.91. The molecule has 0 spiro atoms. The van der Waals surface area contributed by atoms with Gasteiger partial charge in [-0.25, -0.2) is 4.98 Å². The van der Waals surface area contributed by atoms with Gasteiger partial charge >= 0.3 is 0 Å². The zero-order chi connectivity index (χ0) is 14.5. The number of aromatic nitrogens is 2. The number of nitrogens with zero attached hydrogens (tertiary/aromatic N) is 2. The second-order valence-corrected chi connectivity index (χ2v) is 4.88. The van der Waals surface area contributed by atoms with Gasteiger partial charge in [0.25, 0.3) is 0 Å². The maximum Gasteiger partial charge on any atom is 0.220 e. The fourth-order valence-electron chi connectivity index (χ4n) is 2.22. The highest BCUT2D eigenvalue weighted by atomic mass is 16.3. The first-order valence-electron chi connectivity index (χ1n) is 7.03. The smallest absolute Gasteiger partial charge is 0.220 e. The number of nitrogens with one attached hydrogen (secondary N) is 1. The topological polar surface area (TPSA) is 59.5 Å². The predicted molar refractivity (Wildman–Crippen MR) is 78.9 cm³/mol. The Labute approximate surface area is 122 Å². The Morgan fingerprint density at radius 3 is 3.00 bits per heavy atom. The fraction of sp³-hybridized carbons (Fsp3) is 0.250. The van der Waals surface area contributed by atoms with Gasteiger partial charge < -0.3 is 14.1 Å². The van der Waals surface area contributed by atoms with E-state index >= 15 is 0 Å². The molecule has 0 atom stereocenters. The molecule has 0 saturated heterocycles. The number of fused-ring (bicyclic) bond motifs is 1. The number of hydrogen-bond acceptors (Lipinski definition) is 3. The van der Waals surface area contributed by atoms with Gasteiger partial charge in [-0.2, -0.15) is 0 Å². The Morgan fingerprint density at radius 1 is 1.24 bits per heavy atom. The largest absolute Gasteiger partial charge is 0.469 e. The number of carbonyl (C=O) groups is 1. The van der Waals surface area contributed by atoms with Crippen molar-refractivity contribution in [1.29, 1.82) is 0 Å². The standard InChI is InChI=1S/C16H17N3O2/c20-16(7-6-14-4-3-11-21-14)17-9-8-13-12-19-10-2-1-5-15(19)18-13/h1-5,10-12H,6-9H2,(H,17,20). The summed E-state index contributed by atoms with van der Waals surface area (Å²) in [6.45, 7) is 0.598. The highest BCUT2D eigenvalue weighted by molar-refractivity contribution is 5.76. The van der Waals surface area contributed by atoms with Crippen molar-refractivity contribution in [2.24, 2.45) is 0 Å².